The van der Waals surface area contributed by atoms with Crippen LogP contribution in [0.25, 0.3) is 11.6 Å². The highest BCUT2D eigenvalue weighted by Gasteiger charge is 2.31. The van der Waals surface area contributed by atoms with E-state index in [1.807, 2.05) is 17.2 Å². The maximum atomic E-state index is 12.4. The Balaban J connectivity index is 1.29. The summed E-state index contributed by atoms with van der Waals surface area (Å²) in [5, 5.41) is 12.4. The van der Waals surface area contributed by atoms with E-state index in [9.17, 15) is 4.79 Å². The van der Waals surface area contributed by atoms with E-state index in [0.717, 1.165) is 25.1 Å². The first-order chi connectivity index (χ1) is 12.3. The molecule has 9 nitrogen and oxygen atoms in total. The second kappa shape index (κ2) is 5.54. The van der Waals surface area contributed by atoms with Gasteiger partial charge in [-0.3, -0.25) is 4.79 Å². The second-order valence-corrected chi connectivity index (χ2v) is 6.59. The quantitative estimate of drug-likeness (QED) is 0.774. The predicted molar refractivity (Wildman–Crippen MR) is 85.6 cm³/mol. The molecule has 4 heterocycles. The Morgan fingerprint density at radius 2 is 2.24 bits per heavy atom. The number of rotatable bonds is 4. The zero-order valence-corrected chi connectivity index (χ0v) is 13.5. The van der Waals surface area contributed by atoms with Crippen LogP contribution in [0.5, 0.6) is 0 Å². The molecule has 0 bridgehead atoms. The van der Waals surface area contributed by atoms with Gasteiger partial charge in [0.05, 0.1) is 12.2 Å². The zero-order chi connectivity index (χ0) is 16.8. The number of nitrogens with one attached hydrogen (secondary N) is 1. The predicted octanol–water partition coefficient (Wildman–Crippen LogP) is 1.62. The molecule has 1 saturated carbocycles. The van der Waals surface area contributed by atoms with E-state index in [1.54, 1.807) is 16.9 Å². The zero-order valence-electron chi connectivity index (χ0n) is 13.5. The fraction of sp³-hybridized carbons (Fsp3) is 0.438. The van der Waals surface area contributed by atoms with Gasteiger partial charge < -0.3 is 14.4 Å². The highest BCUT2D eigenvalue weighted by molar-refractivity contribution is 5.92. The minimum atomic E-state index is 0.0128. The summed E-state index contributed by atoms with van der Waals surface area (Å²) in [6.45, 7) is 1.31. The van der Waals surface area contributed by atoms with Crippen LogP contribution in [-0.4, -0.2) is 54.0 Å². The lowest BCUT2D eigenvalue weighted by Crippen LogP contribution is -2.29. The van der Waals surface area contributed by atoms with Crippen molar-refractivity contribution in [2.24, 2.45) is 0 Å². The van der Waals surface area contributed by atoms with Crippen LogP contribution in [0.15, 0.2) is 29.0 Å². The summed E-state index contributed by atoms with van der Waals surface area (Å²) in [5.41, 5.74) is 1.19. The van der Waals surface area contributed by atoms with E-state index in [0.29, 0.717) is 36.3 Å². The summed E-state index contributed by atoms with van der Waals surface area (Å²) >= 11 is 0. The van der Waals surface area contributed by atoms with Crippen LogP contribution in [0.2, 0.25) is 0 Å². The Labute approximate surface area is 143 Å². The molecule has 1 saturated heterocycles. The third-order valence-electron chi connectivity index (χ3n) is 4.77. The van der Waals surface area contributed by atoms with Crippen molar-refractivity contribution in [3.63, 3.8) is 0 Å². The van der Waals surface area contributed by atoms with Crippen molar-refractivity contribution in [1.82, 2.24) is 35.0 Å². The summed E-state index contributed by atoms with van der Waals surface area (Å²) in [5.74, 6) is 1.62. The normalized spacial score (nSPS) is 20.3. The van der Waals surface area contributed by atoms with Crippen LogP contribution in [0, 0.1) is 0 Å². The van der Waals surface area contributed by atoms with Gasteiger partial charge in [-0.15, -0.1) is 5.10 Å². The summed E-state index contributed by atoms with van der Waals surface area (Å²) in [7, 11) is 0. The van der Waals surface area contributed by atoms with Gasteiger partial charge in [0, 0.05) is 25.2 Å². The number of hydrogen-bond acceptors (Lipinski definition) is 6. The summed E-state index contributed by atoms with van der Waals surface area (Å²) in [6.07, 6.45) is 6.66. The number of likely N-dealkylation sites (tertiary alicyclic amines) is 1. The molecule has 3 aromatic heterocycles. The van der Waals surface area contributed by atoms with E-state index in [-0.39, 0.29) is 11.9 Å². The third kappa shape index (κ3) is 2.61. The van der Waals surface area contributed by atoms with E-state index in [1.165, 1.54) is 0 Å². The standard InChI is InChI=1S/C16H17N7O2/c24-16(12-2-1-6-17-12)22-7-5-11(8-22)23-9-13(19-21-23)15-18-14(20-25-15)10-3-4-10/h1-2,6,9-11,17H,3-5,7-8H2. The van der Waals surface area contributed by atoms with Crippen molar-refractivity contribution in [2.45, 2.75) is 31.2 Å². The smallest absolute Gasteiger partial charge is 0.280 e. The maximum Gasteiger partial charge on any atom is 0.280 e. The van der Waals surface area contributed by atoms with E-state index in [2.05, 4.69) is 25.4 Å². The highest BCUT2D eigenvalue weighted by Crippen LogP contribution is 2.38. The number of amides is 1. The summed E-state index contributed by atoms with van der Waals surface area (Å²) in [4.78, 5) is 21.6. The minimum absolute atomic E-state index is 0.0128. The average Bonchev–Trinajstić information content (AvgIpc) is 3.16. The van der Waals surface area contributed by atoms with Gasteiger partial charge in [-0.05, 0) is 31.4 Å². The molecular weight excluding hydrogens is 322 g/mol. The van der Waals surface area contributed by atoms with Crippen LogP contribution in [0.1, 0.15) is 47.5 Å². The monoisotopic (exact) mass is 339 g/mol. The molecule has 1 aliphatic carbocycles. The van der Waals surface area contributed by atoms with Gasteiger partial charge in [0.2, 0.25) is 0 Å². The molecule has 1 aliphatic heterocycles. The van der Waals surface area contributed by atoms with Gasteiger partial charge in [-0.1, -0.05) is 10.4 Å². The van der Waals surface area contributed by atoms with Crippen molar-refractivity contribution in [1.29, 1.82) is 0 Å². The molecular formula is C16H17N7O2. The molecule has 0 aromatic carbocycles. The Morgan fingerprint density at radius 3 is 3.04 bits per heavy atom. The molecule has 3 aromatic rings. The van der Waals surface area contributed by atoms with Crippen LogP contribution >= 0.6 is 0 Å². The Bertz CT molecular complexity index is 893. The van der Waals surface area contributed by atoms with Gasteiger partial charge in [0.15, 0.2) is 11.5 Å². The molecule has 1 atom stereocenters. The maximum absolute atomic E-state index is 12.4. The number of aromatic amines is 1. The molecule has 1 amide bonds. The van der Waals surface area contributed by atoms with Crippen LogP contribution in [-0.2, 0) is 0 Å². The van der Waals surface area contributed by atoms with Crippen molar-refractivity contribution < 1.29 is 9.32 Å². The van der Waals surface area contributed by atoms with E-state index < -0.39 is 0 Å². The number of aromatic nitrogens is 6. The lowest BCUT2D eigenvalue weighted by molar-refractivity contribution is 0.0782. The minimum Gasteiger partial charge on any atom is -0.357 e. The molecule has 1 N–H and O–H groups in total. The van der Waals surface area contributed by atoms with E-state index in [4.69, 9.17) is 4.52 Å². The molecule has 2 aliphatic rings. The lowest BCUT2D eigenvalue weighted by atomic mass is 10.3. The lowest BCUT2D eigenvalue weighted by Gasteiger charge is -2.15. The second-order valence-electron chi connectivity index (χ2n) is 6.59. The molecule has 1 unspecified atom stereocenters. The van der Waals surface area contributed by atoms with Crippen molar-refractivity contribution >= 4 is 5.91 Å². The van der Waals surface area contributed by atoms with Crippen molar-refractivity contribution in [3.05, 3.63) is 36.0 Å². The summed E-state index contributed by atoms with van der Waals surface area (Å²) < 4.78 is 7.08. The Morgan fingerprint density at radius 1 is 1.32 bits per heavy atom. The number of H-pyrrole nitrogens is 1. The molecule has 9 heteroatoms. The Kier molecular flexibility index (Phi) is 3.19. The number of carbonyl (C=O) groups excluding carboxylic acids is 1. The number of hydrogen-bond donors (Lipinski definition) is 1. The topological polar surface area (TPSA) is 106 Å². The van der Waals surface area contributed by atoms with Crippen LogP contribution < -0.4 is 0 Å². The first-order valence-corrected chi connectivity index (χ1v) is 8.46. The van der Waals surface area contributed by atoms with Crippen molar-refractivity contribution in [3.8, 4) is 11.6 Å². The third-order valence-corrected chi connectivity index (χ3v) is 4.77. The number of nitrogens with zero attached hydrogens (tertiary/aromatic N) is 6. The van der Waals surface area contributed by atoms with Crippen LogP contribution in [0.4, 0.5) is 0 Å². The van der Waals surface area contributed by atoms with Gasteiger partial charge in [0.1, 0.15) is 5.69 Å². The highest BCUT2D eigenvalue weighted by atomic mass is 16.5. The van der Waals surface area contributed by atoms with Gasteiger partial charge in [-0.2, -0.15) is 4.98 Å². The molecule has 128 valence electrons. The number of carbonyl (C=O) groups is 1. The fourth-order valence-corrected chi connectivity index (χ4v) is 3.18. The van der Waals surface area contributed by atoms with Gasteiger partial charge >= 0.3 is 0 Å². The van der Waals surface area contributed by atoms with E-state index >= 15 is 0 Å². The van der Waals surface area contributed by atoms with Gasteiger partial charge in [-0.25, -0.2) is 4.68 Å². The fourth-order valence-electron chi connectivity index (χ4n) is 3.18. The average molecular weight is 339 g/mol. The molecule has 0 spiro atoms. The SMILES string of the molecule is O=C(c1ccc[nH]1)N1CCC(n2cc(-c3nc(C4CC4)no3)nn2)C1. The molecule has 5 rings (SSSR count). The van der Waals surface area contributed by atoms with Gasteiger partial charge in [0.25, 0.3) is 11.8 Å². The molecule has 2 fully saturated rings. The largest absolute Gasteiger partial charge is 0.357 e. The summed E-state index contributed by atoms with van der Waals surface area (Å²) in [6, 6.07) is 3.71. The first kappa shape index (κ1) is 14.4. The van der Waals surface area contributed by atoms with Crippen LogP contribution in [0.3, 0.4) is 0 Å². The first-order valence-electron chi connectivity index (χ1n) is 8.46. The Hall–Kier alpha value is -2.97. The molecule has 25 heavy (non-hydrogen) atoms. The van der Waals surface area contributed by atoms with Crippen molar-refractivity contribution in [2.75, 3.05) is 13.1 Å². The molecule has 0 radical (unpaired) electrons.